The van der Waals surface area contributed by atoms with E-state index in [9.17, 15) is 48.3 Å². The standard InChI is InChI=1S/C10H11F11O/c1-3-4-6(11,9(16,17)18)7(12,13)5(2,22)8(14,15)10(19,20)21/h22H,3-4H2,1-2H3. The van der Waals surface area contributed by atoms with Gasteiger partial charge in [-0.15, -0.1) is 0 Å². The highest BCUT2D eigenvalue weighted by molar-refractivity contribution is 5.14. The van der Waals surface area contributed by atoms with Crippen molar-refractivity contribution in [3.8, 4) is 0 Å². The Kier molecular flexibility index (Phi) is 5.18. The van der Waals surface area contributed by atoms with E-state index in [4.69, 9.17) is 5.11 Å². The van der Waals surface area contributed by atoms with Gasteiger partial charge in [-0.3, -0.25) is 0 Å². The first-order valence-corrected chi connectivity index (χ1v) is 5.61. The summed E-state index contributed by atoms with van der Waals surface area (Å²) in [5.74, 6) is -13.2. The summed E-state index contributed by atoms with van der Waals surface area (Å²) in [6.45, 7) is -0.122. The zero-order chi connectivity index (χ0) is 18.4. The summed E-state index contributed by atoms with van der Waals surface area (Å²) in [5.41, 5.74) is -11.4. The van der Waals surface area contributed by atoms with E-state index in [2.05, 4.69) is 0 Å². The molecule has 2 atom stereocenters. The first-order valence-electron chi connectivity index (χ1n) is 5.61. The molecule has 0 aliphatic carbocycles. The maximum Gasteiger partial charge on any atom is 0.456 e. The van der Waals surface area contributed by atoms with Gasteiger partial charge in [0.25, 0.3) is 5.67 Å². The van der Waals surface area contributed by atoms with Gasteiger partial charge in [0, 0.05) is 0 Å². The van der Waals surface area contributed by atoms with Gasteiger partial charge in [0.1, 0.15) is 0 Å². The Bertz CT molecular complexity index is 395. The second kappa shape index (κ2) is 5.38. The molecule has 0 saturated carbocycles. The molecule has 0 rings (SSSR count). The van der Waals surface area contributed by atoms with Crippen LogP contribution in [0.25, 0.3) is 0 Å². The van der Waals surface area contributed by atoms with Crippen molar-refractivity contribution >= 4 is 0 Å². The van der Waals surface area contributed by atoms with Crippen molar-refractivity contribution in [2.75, 3.05) is 0 Å². The molecular weight excluding hydrogens is 345 g/mol. The van der Waals surface area contributed by atoms with Crippen LogP contribution in [0.5, 0.6) is 0 Å². The van der Waals surface area contributed by atoms with Crippen LogP contribution in [0.3, 0.4) is 0 Å². The van der Waals surface area contributed by atoms with Gasteiger partial charge in [-0.1, -0.05) is 13.3 Å². The number of halogens is 11. The van der Waals surface area contributed by atoms with Gasteiger partial charge in [0.2, 0.25) is 5.60 Å². The smallest absolute Gasteiger partial charge is 0.378 e. The Morgan fingerprint density at radius 2 is 1.05 bits per heavy atom. The fraction of sp³-hybridized carbons (Fsp3) is 1.00. The van der Waals surface area contributed by atoms with Crippen LogP contribution in [0.1, 0.15) is 26.7 Å². The maximum absolute atomic E-state index is 13.8. The van der Waals surface area contributed by atoms with Crippen molar-refractivity contribution in [1.29, 1.82) is 0 Å². The Morgan fingerprint density at radius 1 is 0.682 bits per heavy atom. The monoisotopic (exact) mass is 356 g/mol. The van der Waals surface area contributed by atoms with Crippen molar-refractivity contribution in [3.05, 3.63) is 0 Å². The van der Waals surface area contributed by atoms with Crippen LogP contribution in [-0.4, -0.2) is 40.6 Å². The number of aliphatic hydroxyl groups is 1. The average molecular weight is 356 g/mol. The van der Waals surface area contributed by atoms with E-state index in [0.29, 0.717) is 0 Å². The van der Waals surface area contributed by atoms with Gasteiger partial charge in [-0.25, -0.2) is 4.39 Å². The van der Waals surface area contributed by atoms with Crippen molar-refractivity contribution in [3.63, 3.8) is 0 Å². The molecule has 0 aliphatic heterocycles. The SMILES string of the molecule is CCCC(F)(C(F)(F)F)C(F)(F)C(C)(O)C(F)(F)C(F)(F)F. The largest absolute Gasteiger partial charge is 0.456 e. The zero-order valence-electron chi connectivity index (χ0n) is 11.0. The molecule has 1 N–H and O–H groups in total. The van der Waals surface area contributed by atoms with Crippen LogP contribution in [0.15, 0.2) is 0 Å². The predicted octanol–water partition coefficient (Wildman–Crippen LogP) is 4.64. The Labute approximate surface area is 117 Å². The van der Waals surface area contributed by atoms with Gasteiger partial charge in [0.15, 0.2) is 0 Å². The van der Waals surface area contributed by atoms with E-state index in [1.165, 1.54) is 0 Å². The van der Waals surface area contributed by atoms with Gasteiger partial charge >= 0.3 is 24.2 Å². The normalized spacial score (nSPS) is 20.5. The summed E-state index contributed by atoms with van der Waals surface area (Å²) in [5, 5.41) is 8.87. The fourth-order valence-corrected chi connectivity index (χ4v) is 1.68. The lowest BCUT2D eigenvalue weighted by Crippen LogP contribution is -2.73. The highest BCUT2D eigenvalue weighted by atomic mass is 19.4. The molecule has 0 fully saturated rings. The highest BCUT2D eigenvalue weighted by Gasteiger charge is 2.85. The summed E-state index contributed by atoms with van der Waals surface area (Å²) in [7, 11) is 0. The number of hydrogen-bond donors (Lipinski definition) is 1. The van der Waals surface area contributed by atoms with E-state index in [0.717, 1.165) is 6.92 Å². The zero-order valence-corrected chi connectivity index (χ0v) is 11.0. The molecule has 22 heavy (non-hydrogen) atoms. The topological polar surface area (TPSA) is 20.2 Å². The summed E-state index contributed by atoms with van der Waals surface area (Å²) >= 11 is 0. The lowest BCUT2D eigenvalue weighted by Gasteiger charge is -2.45. The summed E-state index contributed by atoms with van der Waals surface area (Å²) in [6.07, 6.45) is -16.4. The molecule has 2 unspecified atom stereocenters. The van der Waals surface area contributed by atoms with E-state index in [-0.39, 0.29) is 0 Å². The van der Waals surface area contributed by atoms with Crippen LogP contribution in [0, 0.1) is 0 Å². The first kappa shape index (κ1) is 21.2. The molecule has 0 amide bonds. The molecule has 12 heteroatoms. The molecule has 0 aliphatic rings. The summed E-state index contributed by atoms with van der Waals surface area (Å²) < 4.78 is 141. The molecule has 0 aromatic carbocycles. The first-order chi connectivity index (χ1) is 9.31. The third-order valence-corrected chi connectivity index (χ3v) is 3.12. The third kappa shape index (κ3) is 2.73. The van der Waals surface area contributed by atoms with Crippen molar-refractivity contribution in [2.45, 2.75) is 62.2 Å². The fourth-order valence-electron chi connectivity index (χ4n) is 1.68. The van der Waals surface area contributed by atoms with Crippen LogP contribution in [-0.2, 0) is 0 Å². The molecule has 0 saturated heterocycles. The maximum atomic E-state index is 13.8. The molecule has 0 bridgehead atoms. The van der Waals surface area contributed by atoms with Crippen LogP contribution >= 0.6 is 0 Å². The second-order valence-corrected chi connectivity index (χ2v) is 4.77. The van der Waals surface area contributed by atoms with Crippen molar-refractivity contribution in [2.24, 2.45) is 0 Å². The highest BCUT2D eigenvalue weighted by Crippen LogP contribution is 2.58. The summed E-state index contributed by atoms with van der Waals surface area (Å²) in [4.78, 5) is 0. The number of rotatable bonds is 5. The number of hydrogen-bond acceptors (Lipinski definition) is 1. The summed E-state index contributed by atoms with van der Waals surface area (Å²) in [6, 6.07) is 0. The van der Waals surface area contributed by atoms with Crippen molar-refractivity contribution in [1.82, 2.24) is 0 Å². The van der Waals surface area contributed by atoms with Crippen LogP contribution < -0.4 is 0 Å². The Hall–Kier alpha value is -0.810. The molecule has 0 heterocycles. The minimum atomic E-state index is -6.82. The molecule has 0 aromatic rings. The number of alkyl halides is 11. The second-order valence-electron chi connectivity index (χ2n) is 4.77. The third-order valence-electron chi connectivity index (χ3n) is 3.12. The van der Waals surface area contributed by atoms with Crippen molar-refractivity contribution < 1.29 is 53.4 Å². The molecule has 0 aromatic heterocycles. The molecule has 1 nitrogen and oxygen atoms in total. The quantitative estimate of drug-likeness (QED) is 0.712. The molecule has 0 radical (unpaired) electrons. The van der Waals surface area contributed by atoms with Gasteiger partial charge < -0.3 is 5.11 Å². The van der Waals surface area contributed by atoms with E-state index in [1.807, 2.05) is 0 Å². The van der Waals surface area contributed by atoms with Crippen LogP contribution in [0.4, 0.5) is 48.3 Å². The van der Waals surface area contributed by atoms with E-state index < -0.39 is 55.2 Å². The minimum Gasteiger partial charge on any atom is -0.378 e. The lowest BCUT2D eigenvalue weighted by atomic mass is 9.77. The molecule has 134 valence electrons. The van der Waals surface area contributed by atoms with Gasteiger partial charge in [-0.2, -0.15) is 43.9 Å². The lowest BCUT2D eigenvalue weighted by molar-refractivity contribution is -0.413. The van der Waals surface area contributed by atoms with E-state index in [1.54, 1.807) is 0 Å². The Balaban J connectivity index is 6.29. The van der Waals surface area contributed by atoms with Gasteiger partial charge in [-0.05, 0) is 13.3 Å². The minimum absolute atomic E-state index is 0.771. The molecule has 0 spiro atoms. The van der Waals surface area contributed by atoms with Crippen LogP contribution in [0.2, 0.25) is 0 Å². The van der Waals surface area contributed by atoms with Gasteiger partial charge in [0.05, 0.1) is 0 Å². The predicted molar refractivity (Wildman–Crippen MR) is 51.4 cm³/mol. The Morgan fingerprint density at radius 3 is 1.27 bits per heavy atom. The molecular formula is C10H11F11O. The average Bonchev–Trinajstić information content (AvgIpc) is 2.25. The van der Waals surface area contributed by atoms with E-state index >= 15 is 0 Å².